The van der Waals surface area contributed by atoms with Crippen molar-refractivity contribution < 1.29 is 18.4 Å². The molecule has 0 aromatic carbocycles. The van der Waals surface area contributed by atoms with E-state index in [0.29, 0.717) is 32.7 Å². The molecule has 2 rings (SSSR count). The summed E-state index contributed by atoms with van der Waals surface area (Å²) in [7, 11) is 0. The molecule has 2 aliphatic heterocycles. The highest BCUT2D eigenvalue weighted by Crippen LogP contribution is 2.26. The fourth-order valence-corrected chi connectivity index (χ4v) is 2.23. The van der Waals surface area contributed by atoms with Crippen LogP contribution in [-0.4, -0.2) is 78.4 Å². The maximum Gasteiger partial charge on any atom is 0.314 e. The van der Waals surface area contributed by atoms with Gasteiger partial charge in [-0.05, 0) is 0 Å². The largest absolute Gasteiger partial charge is 0.351 e. The molecule has 0 radical (unpaired) electrons. The molecule has 2 aliphatic rings. The van der Waals surface area contributed by atoms with Crippen LogP contribution >= 0.6 is 0 Å². The third-order valence-electron chi connectivity index (χ3n) is 3.46. The summed E-state index contributed by atoms with van der Waals surface area (Å²) in [5.41, 5.74) is 5.17. The van der Waals surface area contributed by atoms with Crippen LogP contribution in [0.25, 0.3) is 0 Å². The van der Waals surface area contributed by atoms with Crippen LogP contribution in [-0.2, 0) is 4.79 Å². The molecule has 2 heterocycles. The molecule has 0 spiro atoms. The summed E-state index contributed by atoms with van der Waals surface area (Å²) in [5, 5.41) is 0. The Kier molecular flexibility index (Phi) is 4.22. The first-order valence-electron chi connectivity index (χ1n) is 6.47. The molecule has 2 N–H and O–H groups in total. The van der Waals surface area contributed by atoms with Crippen molar-refractivity contribution in [1.82, 2.24) is 14.7 Å². The summed E-state index contributed by atoms with van der Waals surface area (Å²) in [5.74, 6) is -3.11. The molecule has 0 saturated carbocycles. The van der Waals surface area contributed by atoms with Gasteiger partial charge in [-0.3, -0.25) is 9.69 Å². The van der Waals surface area contributed by atoms with Crippen molar-refractivity contribution in [1.29, 1.82) is 0 Å². The summed E-state index contributed by atoms with van der Waals surface area (Å²) in [6, 6.07) is -0.422. The lowest BCUT2D eigenvalue weighted by atomic mass is 10.1. The van der Waals surface area contributed by atoms with Gasteiger partial charge in [0.15, 0.2) is 0 Å². The van der Waals surface area contributed by atoms with Crippen molar-refractivity contribution in [2.24, 2.45) is 5.73 Å². The molecule has 0 atom stereocenters. The molecule has 112 valence electrons. The number of alkyl halides is 2. The van der Waals surface area contributed by atoms with Crippen LogP contribution in [0.3, 0.4) is 0 Å². The van der Waals surface area contributed by atoms with E-state index in [1.165, 1.54) is 6.08 Å². The SMILES string of the molecule is NC(=O)N1CCN(C/C=C/C(=O)N2CC(F)(F)C2)CC1. The molecule has 0 aromatic rings. The quantitative estimate of drug-likeness (QED) is 0.726. The van der Waals surface area contributed by atoms with Gasteiger partial charge in [0.05, 0.1) is 13.1 Å². The molecule has 0 unspecified atom stereocenters. The average Bonchev–Trinajstić information content (AvgIpc) is 2.36. The third kappa shape index (κ3) is 3.66. The zero-order valence-electron chi connectivity index (χ0n) is 11.1. The lowest BCUT2D eigenvalue weighted by molar-refractivity contribution is -0.160. The van der Waals surface area contributed by atoms with Gasteiger partial charge in [0, 0.05) is 38.8 Å². The van der Waals surface area contributed by atoms with Crippen LogP contribution in [0.5, 0.6) is 0 Å². The molecule has 0 aromatic heterocycles. The van der Waals surface area contributed by atoms with Gasteiger partial charge < -0.3 is 15.5 Å². The highest BCUT2D eigenvalue weighted by molar-refractivity contribution is 5.88. The van der Waals surface area contributed by atoms with E-state index in [-0.39, 0.29) is 5.91 Å². The summed E-state index contributed by atoms with van der Waals surface area (Å²) in [6.45, 7) is 2.07. The average molecular weight is 288 g/mol. The van der Waals surface area contributed by atoms with E-state index in [2.05, 4.69) is 4.90 Å². The van der Waals surface area contributed by atoms with E-state index < -0.39 is 25.0 Å². The minimum absolute atomic E-state index is 0.383. The third-order valence-corrected chi connectivity index (χ3v) is 3.46. The molecule has 3 amide bonds. The minimum atomic E-state index is -2.73. The molecule has 0 bridgehead atoms. The van der Waals surface area contributed by atoms with Gasteiger partial charge in [-0.25, -0.2) is 13.6 Å². The van der Waals surface area contributed by atoms with E-state index in [9.17, 15) is 18.4 Å². The Labute approximate surface area is 115 Å². The van der Waals surface area contributed by atoms with E-state index >= 15 is 0 Å². The number of carbonyl (C=O) groups excluding carboxylic acids is 2. The number of likely N-dealkylation sites (tertiary alicyclic amines) is 1. The zero-order chi connectivity index (χ0) is 14.8. The van der Waals surface area contributed by atoms with Crippen molar-refractivity contribution in [2.75, 3.05) is 45.8 Å². The number of nitrogens with two attached hydrogens (primary N) is 1. The van der Waals surface area contributed by atoms with Crippen molar-refractivity contribution in [3.8, 4) is 0 Å². The Morgan fingerprint density at radius 2 is 1.70 bits per heavy atom. The van der Waals surface area contributed by atoms with Crippen LogP contribution in [0.15, 0.2) is 12.2 Å². The number of primary amides is 1. The van der Waals surface area contributed by atoms with E-state index in [4.69, 9.17) is 5.73 Å². The molecule has 6 nitrogen and oxygen atoms in total. The Bertz CT molecular complexity index is 412. The van der Waals surface area contributed by atoms with Crippen molar-refractivity contribution >= 4 is 11.9 Å². The number of nitrogens with zero attached hydrogens (tertiary/aromatic N) is 3. The number of carbonyl (C=O) groups is 2. The Hall–Kier alpha value is -1.70. The van der Waals surface area contributed by atoms with Gasteiger partial charge in [-0.1, -0.05) is 6.08 Å². The predicted molar refractivity (Wildman–Crippen MR) is 68.3 cm³/mol. The first-order valence-corrected chi connectivity index (χ1v) is 6.47. The molecule has 2 fully saturated rings. The fourth-order valence-electron chi connectivity index (χ4n) is 2.23. The monoisotopic (exact) mass is 288 g/mol. The molecular formula is C12H18F2N4O2. The summed E-state index contributed by atoms with van der Waals surface area (Å²) in [4.78, 5) is 27.2. The van der Waals surface area contributed by atoms with Gasteiger partial charge in [0.2, 0.25) is 5.91 Å². The topological polar surface area (TPSA) is 69.9 Å². The molecule has 20 heavy (non-hydrogen) atoms. The normalized spacial score (nSPS) is 22.9. The fraction of sp³-hybridized carbons (Fsp3) is 0.667. The lowest BCUT2D eigenvalue weighted by Gasteiger charge is -2.38. The number of hydrogen-bond donors (Lipinski definition) is 1. The number of halogens is 2. The Morgan fingerprint density at radius 3 is 2.20 bits per heavy atom. The maximum atomic E-state index is 12.6. The first-order chi connectivity index (χ1) is 9.37. The van der Waals surface area contributed by atoms with Crippen molar-refractivity contribution in [3.05, 3.63) is 12.2 Å². The summed E-state index contributed by atoms with van der Waals surface area (Å²) in [6.07, 6.45) is 2.99. The highest BCUT2D eigenvalue weighted by Gasteiger charge is 2.45. The van der Waals surface area contributed by atoms with Crippen LogP contribution in [0.4, 0.5) is 13.6 Å². The molecular weight excluding hydrogens is 270 g/mol. The van der Waals surface area contributed by atoms with Gasteiger partial charge in [0.25, 0.3) is 5.92 Å². The predicted octanol–water partition coefficient (Wildman–Crippen LogP) is -0.284. The molecule has 0 aliphatic carbocycles. The second-order valence-corrected chi connectivity index (χ2v) is 5.08. The minimum Gasteiger partial charge on any atom is -0.351 e. The summed E-state index contributed by atoms with van der Waals surface area (Å²) < 4.78 is 25.2. The van der Waals surface area contributed by atoms with E-state index in [1.54, 1.807) is 11.0 Å². The lowest BCUT2D eigenvalue weighted by Crippen LogP contribution is -2.58. The second-order valence-electron chi connectivity index (χ2n) is 5.08. The van der Waals surface area contributed by atoms with Crippen LogP contribution in [0.1, 0.15) is 0 Å². The standard InChI is InChI=1S/C12H18F2N4O2/c13-12(14)8-18(9-12)10(19)2-1-3-16-4-6-17(7-5-16)11(15)20/h1-2H,3-9H2,(H2,15,20)/b2-1+. The number of rotatable bonds is 3. The van der Waals surface area contributed by atoms with Gasteiger partial charge in [0.1, 0.15) is 0 Å². The number of hydrogen-bond acceptors (Lipinski definition) is 3. The van der Waals surface area contributed by atoms with Gasteiger partial charge in [-0.15, -0.1) is 0 Å². The zero-order valence-corrected chi connectivity index (χ0v) is 11.1. The molecule has 8 heteroatoms. The van der Waals surface area contributed by atoms with Crippen molar-refractivity contribution in [3.63, 3.8) is 0 Å². The van der Waals surface area contributed by atoms with E-state index in [1.807, 2.05) is 0 Å². The number of urea groups is 1. The van der Waals surface area contributed by atoms with Crippen LogP contribution in [0, 0.1) is 0 Å². The van der Waals surface area contributed by atoms with Crippen molar-refractivity contribution in [2.45, 2.75) is 5.92 Å². The number of piperazine rings is 1. The first kappa shape index (κ1) is 14.7. The number of amides is 3. The molecule has 2 saturated heterocycles. The smallest absolute Gasteiger partial charge is 0.314 e. The second kappa shape index (κ2) is 5.74. The van der Waals surface area contributed by atoms with Gasteiger partial charge in [-0.2, -0.15) is 0 Å². The summed E-state index contributed by atoms with van der Waals surface area (Å²) >= 11 is 0. The maximum absolute atomic E-state index is 12.6. The van der Waals surface area contributed by atoms with Crippen LogP contribution < -0.4 is 5.73 Å². The Morgan fingerprint density at radius 1 is 1.10 bits per heavy atom. The van der Waals surface area contributed by atoms with Gasteiger partial charge >= 0.3 is 6.03 Å². The van der Waals surface area contributed by atoms with E-state index in [0.717, 1.165) is 4.90 Å². The van der Waals surface area contributed by atoms with Crippen LogP contribution in [0.2, 0.25) is 0 Å². The Balaban J connectivity index is 1.67. The highest BCUT2D eigenvalue weighted by atomic mass is 19.3.